The van der Waals surface area contributed by atoms with Gasteiger partial charge in [0.2, 0.25) is 5.56 Å². The SMILES string of the molecule is O=C1NCc2ccc(=O)[nH]c2N1. The minimum atomic E-state index is -0.288. The molecular weight excluding hydrogens is 158 g/mol. The van der Waals surface area contributed by atoms with Crippen molar-refractivity contribution in [1.82, 2.24) is 10.3 Å². The van der Waals surface area contributed by atoms with E-state index in [1.54, 1.807) is 6.07 Å². The van der Waals surface area contributed by atoms with Crippen LogP contribution in [0.3, 0.4) is 0 Å². The summed E-state index contributed by atoms with van der Waals surface area (Å²) in [4.78, 5) is 24.1. The molecule has 0 radical (unpaired) electrons. The molecule has 2 amide bonds. The number of fused-ring (bicyclic) bond motifs is 1. The number of urea groups is 1. The highest BCUT2D eigenvalue weighted by molar-refractivity contribution is 5.90. The van der Waals surface area contributed by atoms with E-state index in [2.05, 4.69) is 15.6 Å². The number of nitrogens with one attached hydrogen (secondary N) is 3. The highest BCUT2D eigenvalue weighted by Crippen LogP contribution is 2.12. The fraction of sp³-hybridized carbons (Fsp3) is 0.143. The van der Waals surface area contributed by atoms with Crippen molar-refractivity contribution in [2.24, 2.45) is 0 Å². The van der Waals surface area contributed by atoms with Crippen LogP contribution in [0.5, 0.6) is 0 Å². The molecule has 1 aliphatic heterocycles. The minimum absolute atomic E-state index is 0.212. The highest BCUT2D eigenvalue weighted by Gasteiger charge is 2.13. The van der Waals surface area contributed by atoms with Gasteiger partial charge in [0.05, 0.1) is 0 Å². The first-order valence-electron chi connectivity index (χ1n) is 3.53. The molecule has 1 aliphatic rings. The van der Waals surface area contributed by atoms with E-state index in [1.807, 2.05) is 0 Å². The molecular formula is C7H7N3O2. The Hall–Kier alpha value is -1.78. The number of aromatic amines is 1. The van der Waals surface area contributed by atoms with Crippen LogP contribution >= 0.6 is 0 Å². The first-order valence-corrected chi connectivity index (χ1v) is 3.53. The molecule has 0 aliphatic carbocycles. The molecule has 0 saturated carbocycles. The number of amides is 2. The smallest absolute Gasteiger partial charge is 0.320 e. The summed E-state index contributed by atoms with van der Waals surface area (Å²) in [5.41, 5.74) is 0.671. The lowest BCUT2D eigenvalue weighted by molar-refractivity contribution is 0.250. The Morgan fingerprint density at radius 2 is 2.08 bits per heavy atom. The molecule has 0 aromatic carbocycles. The van der Waals surface area contributed by atoms with E-state index in [0.29, 0.717) is 12.4 Å². The van der Waals surface area contributed by atoms with Gasteiger partial charge in [0.1, 0.15) is 5.82 Å². The number of rotatable bonds is 0. The van der Waals surface area contributed by atoms with Crippen LogP contribution in [0, 0.1) is 0 Å². The summed E-state index contributed by atoms with van der Waals surface area (Å²) in [5, 5.41) is 5.08. The number of carbonyl (C=O) groups excluding carboxylic acids is 1. The van der Waals surface area contributed by atoms with E-state index < -0.39 is 0 Å². The highest BCUT2D eigenvalue weighted by atomic mass is 16.2. The zero-order valence-corrected chi connectivity index (χ0v) is 6.18. The van der Waals surface area contributed by atoms with Crippen molar-refractivity contribution >= 4 is 11.8 Å². The zero-order valence-electron chi connectivity index (χ0n) is 6.18. The predicted molar refractivity (Wildman–Crippen MR) is 42.9 cm³/mol. The third-order valence-corrected chi connectivity index (χ3v) is 1.68. The van der Waals surface area contributed by atoms with Gasteiger partial charge >= 0.3 is 6.03 Å². The van der Waals surface area contributed by atoms with Gasteiger partial charge in [-0.1, -0.05) is 0 Å². The monoisotopic (exact) mass is 165 g/mol. The Labute approximate surface area is 67.8 Å². The second kappa shape index (κ2) is 2.37. The Morgan fingerprint density at radius 1 is 1.25 bits per heavy atom. The van der Waals surface area contributed by atoms with Gasteiger partial charge in [0.15, 0.2) is 0 Å². The number of hydrogen-bond acceptors (Lipinski definition) is 2. The molecule has 2 heterocycles. The molecule has 5 nitrogen and oxygen atoms in total. The van der Waals surface area contributed by atoms with Crippen LogP contribution in [-0.4, -0.2) is 11.0 Å². The number of pyridine rings is 1. The van der Waals surface area contributed by atoms with Crippen molar-refractivity contribution in [2.75, 3.05) is 5.32 Å². The molecule has 1 aromatic rings. The third kappa shape index (κ3) is 1.05. The predicted octanol–water partition coefficient (Wildman–Crippen LogP) is 0.01000. The van der Waals surface area contributed by atoms with Crippen molar-refractivity contribution in [1.29, 1.82) is 0 Å². The van der Waals surface area contributed by atoms with Gasteiger partial charge in [0.25, 0.3) is 0 Å². The maximum absolute atomic E-state index is 10.8. The molecule has 0 unspecified atom stereocenters. The quantitative estimate of drug-likeness (QED) is 0.506. The first-order chi connectivity index (χ1) is 5.75. The van der Waals surface area contributed by atoms with Gasteiger partial charge in [-0.2, -0.15) is 0 Å². The molecule has 12 heavy (non-hydrogen) atoms. The normalized spacial score (nSPS) is 14.5. The van der Waals surface area contributed by atoms with Gasteiger partial charge in [-0.25, -0.2) is 4.79 Å². The molecule has 0 fully saturated rings. The number of carbonyl (C=O) groups is 1. The zero-order chi connectivity index (χ0) is 8.55. The van der Waals surface area contributed by atoms with E-state index in [1.165, 1.54) is 6.07 Å². The fourth-order valence-electron chi connectivity index (χ4n) is 1.10. The Morgan fingerprint density at radius 3 is 2.92 bits per heavy atom. The maximum atomic E-state index is 10.8. The van der Waals surface area contributed by atoms with Crippen LogP contribution in [0.25, 0.3) is 0 Å². The van der Waals surface area contributed by atoms with Crippen LogP contribution in [0.15, 0.2) is 16.9 Å². The van der Waals surface area contributed by atoms with Crippen molar-refractivity contribution in [3.8, 4) is 0 Å². The summed E-state index contributed by atoms with van der Waals surface area (Å²) in [7, 11) is 0. The molecule has 0 spiro atoms. The standard InChI is InChI=1S/C7H7N3O2/c11-5-2-1-4-3-8-7(12)10-6(4)9-5/h1-2H,3H2,(H3,8,9,10,11,12). The van der Waals surface area contributed by atoms with Crippen LogP contribution in [-0.2, 0) is 6.54 Å². The average molecular weight is 165 g/mol. The average Bonchev–Trinajstić information content (AvgIpc) is 2.03. The van der Waals surface area contributed by atoms with E-state index >= 15 is 0 Å². The Bertz CT molecular complexity index is 382. The van der Waals surface area contributed by atoms with Crippen molar-refractivity contribution in [3.63, 3.8) is 0 Å². The maximum Gasteiger partial charge on any atom is 0.320 e. The van der Waals surface area contributed by atoms with Crippen molar-refractivity contribution in [2.45, 2.75) is 6.54 Å². The molecule has 62 valence electrons. The number of aromatic nitrogens is 1. The summed E-state index contributed by atoms with van der Waals surface area (Å²) in [6.45, 7) is 0.456. The van der Waals surface area contributed by atoms with Crippen molar-refractivity contribution < 1.29 is 4.79 Å². The number of anilines is 1. The number of H-pyrrole nitrogens is 1. The molecule has 5 heteroatoms. The van der Waals surface area contributed by atoms with Crippen LogP contribution in [0.1, 0.15) is 5.56 Å². The summed E-state index contributed by atoms with van der Waals surface area (Å²) in [5.74, 6) is 0.492. The van der Waals surface area contributed by atoms with E-state index in [4.69, 9.17) is 0 Å². The molecule has 0 saturated heterocycles. The third-order valence-electron chi connectivity index (χ3n) is 1.68. The molecule has 3 N–H and O–H groups in total. The fourth-order valence-corrected chi connectivity index (χ4v) is 1.10. The van der Waals surface area contributed by atoms with E-state index in [0.717, 1.165) is 5.56 Å². The van der Waals surface area contributed by atoms with Gasteiger partial charge in [-0.15, -0.1) is 0 Å². The molecule has 0 atom stereocenters. The van der Waals surface area contributed by atoms with Gasteiger partial charge in [0, 0.05) is 18.2 Å². The van der Waals surface area contributed by atoms with Crippen molar-refractivity contribution in [3.05, 3.63) is 28.0 Å². The Kier molecular flexibility index (Phi) is 1.36. The molecule has 2 rings (SSSR count). The van der Waals surface area contributed by atoms with Gasteiger partial charge < -0.3 is 10.3 Å². The van der Waals surface area contributed by atoms with Crippen LogP contribution in [0.2, 0.25) is 0 Å². The summed E-state index contributed by atoms with van der Waals surface area (Å²) in [6.07, 6.45) is 0. The summed E-state index contributed by atoms with van der Waals surface area (Å²) in [6, 6.07) is 2.82. The lowest BCUT2D eigenvalue weighted by Crippen LogP contribution is -2.34. The van der Waals surface area contributed by atoms with Crippen LogP contribution in [0.4, 0.5) is 10.6 Å². The van der Waals surface area contributed by atoms with E-state index in [-0.39, 0.29) is 11.6 Å². The minimum Gasteiger partial charge on any atom is -0.334 e. The topological polar surface area (TPSA) is 74.0 Å². The van der Waals surface area contributed by atoms with Gasteiger partial charge in [-0.05, 0) is 6.07 Å². The Balaban J connectivity index is 2.50. The molecule has 1 aromatic heterocycles. The second-order valence-corrected chi connectivity index (χ2v) is 2.53. The molecule has 0 bridgehead atoms. The summed E-state index contributed by atoms with van der Waals surface area (Å²) < 4.78 is 0. The largest absolute Gasteiger partial charge is 0.334 e. The lowest BCUT2D eigenvalue weighted by atomic mass is 10.2. The van der Waals surface area contributed by atoms with Crippen LogP contribution < -0.4 is 16.2 Å². The summed E-state index contributed by atoms with van der Waals surface area (Å²) >= 11 is 0. The first kappa shape index (κ1) is 6.90. The van der Waals surface area contributed by atoms with Gasteiger partial charge in [-0.3, -0.25) is 10.1 Å². The number of hydrogen-bond donors (Lipinski definition) is 3. The van der Waals surface area contributed by atoms with E-state index in [9.17, 15) is 9.59 Å². The lowest BCUT2D eigenvalue weighted by Gasteiger charge is -2.16. The second-order valence-electron chi connectivity index (χ2n) is 2.53.